The van der Waals surface area contributed by atoms with E-state index in [1.165, 1.54) is 0 Å². The molecule has 100 valence electrons. The monoisotopic (exact) mass is 259 g/mol. The van der Waals surface area contributed by atoms with Gasteiger partial charge in [0.05, 0.1) is 0 Å². The van der Waals surface area contributed by atoms with E-state index in [1.807, 2.05) is 44.2 Å². The maximum atomic E-state index is 12.1. The molecule has 0 aliphatic heterocycles. The van der Waals surface area contributed by atoms with E-state index in [9.17, 15) is 4.79 Å². The number of H-pyrrole nitrogens is 1. The van der Waals surface area contributed by atoms with Crippen molar-refractivity contribution in [3.05, 3.63) is 47.5 Å². The molecule has 2 rings (SSSR count). The molecule has 2 aromatic rings. The molecule has 0 aliphatic rings. The van der Waals surface area contributed by atoms with Gasteiger partial charge in [-0.1, -0.05) is 18.2 Å². The molecule has 1 heterocycles. The molecule has 0 aliphatic carbocycles. The molecule has 0 saturated heterocycles. The van der Waals surface area contributed by atoms with Crippen molar-refractivity contribution in [2.45, 2.75) is 20.5 Å². The van der Waals surface area contributed by atoms with Crippen LogP contribution in [0.25, 0.3) is 0 Å². The fraction of sp³-hybridized carbons (Fsp3) is 0.286. The zero-order valence-corrected chi connectivity index (χ0v) is 11.1. The van der Waals surface area contributed by atoms with E-state index in [-0.39, 0.29) is 5.91 Å². The minimum Gasteiger partial charge on any atom is -0.374 e. The van der Waals surface area contributed by atoms with Crippen LogP contribution in [-0.2, 0) is 11.3 Å². The number of carbonyl (C=O) groups excluding carboxylic acids is 1. The number of nitrogens with one attached hydrogen (secondary N) is 2. The predicted molar refractivity (Wildman–Crippen MR) is 73.0 cm³/mol. The fourth-order valence-electron chi connectivity index (χ4n) is 1.72. The van der Waals surface area contributed by atoms with Gasteiger partial charge in [0, 0.05) is 18.0 Å². The topological polar surface area (TPSA) is 67.0 Å². The molecule has 0 radical (unpaired) electrons. The van der Waals surface area contributed by atoms with Crippen molar-refractivity contribution < 1.29 is 9.53 Å². The SMILES string of the molecule is CCOCc1nc(C(=O)Nc2ccccc2)c(C)[nH]1. The molecule has 1 aromatic carbocycles. The Hall–Kier alpha value is -2.14. The molecular formula is C14H17N3O2. The summed E-state index contributed by atoms with van der Waals surface area (Å²) >= 11 is 0. The summed E-state index contributed by atoms with van der Waals surface area (Å²) in [5, 5.41) is 2.81. The first-order valence-corrected chi connectivity index (χ1v) is 6.20. The Morgan fingerprint density at radius 2 is 2.11 bits per heavy atom. The number of ether oxygens (including phenoxy) is 1. The Morgan fingerprint density at radius 1 is 1.37 bits per heavy atom. The fourth-order valence-corrected chi connectivity index (χ4v) is 1.72. The van der Waals surface area contributed by atoms with Crippen molar-refractivity contribution in [1.29, 1.82) is 0 Å². The Morgan fingerprint density at radius 3 is 2.79 bits per heavy atom. The van der Waals surface area contributed by atoms with E-state index in [4.69, 9.17) is 4.74 Å². The Bertz CT molecular complexity index is 549. The van der Waals surface area contributed by atoms with Crippen LogP contribution in [0.4, 0.5) is 5.69 Å². The van der Waals surface area contributed by atoms with Gasteiger partial charge in [0.15, 0.2) is 0 Å². The minimum atomic E-state index is -0.220. The maximum absolute atomic E-state index is 12.1. The van der Waals surface area contributed by atoms with Gasteiger partial charge < -0.3 is 15.0 Å². The van der Waals surface area contributed by atoms with E-state index in [0.717, 1.165) is 11.4 Å². The van der Waals surface area contributed by atoms with E-state index < -0.39 is 0 Å². The predicted octanol–water partition coefficient (Wildman–Crippen LogP) is 2.51. The van der Waals surface area contributed by atoms with Gasteiger partial charge in [0.2, 0.25) is 0 Å². The smallest absolute Gasteiger partial charge is 0.276 e. The highest BCUT2D eigenvalue weighted by molar-refractivity contribution is 6.03. The molecule has 1 aromatic heterocycles. The highest BCUT2D eigenvalue weighted by atomic mass is 16.5. The first kappa shape index (κ1) is 13.3. The molecule has 5 heteroatoms. The van der Waals surface area contributed by atoms with Gasteiger partial charge in [-0.3, -0.25) is 4.79 Å². The van der Waals surface area contributed by atoms with Gasteiger partial charge in [-0.25, -0.2) is 4.98 Å². The van der Waals surface area contributed by atoms with Gasteiger partial charge in [-0.05, 0) is 26.0 Å². The lowest BCUT2D eigenvalue weighted by Crippen LogP contribution is -2.13. The highest BCUT2D eigenvalue weighted by Crippen LogP contribution is 2.11. The zero-order chi connectivity index (χ0) is 13.7. The third kappa shape index (κ3) is 3.42. The second-order valence-electron chi connectivity index (χ2n) is 4.11. The second kappa shape index (κ2) is 6.15. The molecule has 0 bridgehead atoms. The van der Waals surface area contributed by atoms with Crippen LogP contribution in [0.3, 0.4) is 0 Å². The molecule has 0 fully saturated rings. The van der Waals surface area contributed by atoms with Crippen LogP contribution in [0.15, 0.2) is 30.3 Å². The van der Waals surface area contributed by atoms with Crippen LogP contribution in [0.1, 0.15) is 28.9 Å². The van der Waals surface area contributed by atoms with Crippen LogP contribution < -0.4 is 5.32 Å². The number of amides is 1. The second-order valence-corrected chi connectivity index (χ2v) is 4.11. The first-order valence-electron chi connectivity index (χ1n) is 6.20. The number of aromatic nitrogens is 2. The average molecular weight is 259 g/mol. The van der Waals surface area contributed by atoms with E-state index in [2.05, 4.69) is 15.3 Å². The molecule has 2 N–H and O–H groups in total. The number of benzene rings is 1. The normalized spacial score (nSPS) is 10.4. The number of nitrogens with zero attached hydrogens (tertiary/aromatic N) is 1. The van der Waals surface area contributed by atoms with Crippen LogP contribution in [-0.4, -0.2) is 22.5 Å². The van der Waals surface area contributed by atoms with Gasteiger partial charge in [0.25, 0.3) is 5.91 Å². The summed E-state index contributed by atoms with van der Waals surface area (Å²) in [6.07, 6.45) is 0. The molecule has 5 nitrogen and oxygen atoms in total. The number of hydrogen-bond donors (Lipinski definition) is 2. The van der Waals surface area contributed by atoms with Crippen LogP contribution in [0, 0.1) is 6.92 Å². The number of anilines is 1. The minimum absolute atomic E-state index is 0.220. The third-order valence-corrected chi connectivity index (χ3v) is 2.62. The zero-order valence-electron chi connectivity index (χ0n) is 11.1. The van der Waals surface area contributed by atoms with Crippen molar-refractivity contribution in [2.75, 3.05) is 11.9 Å². The average Bonchev–Trinajstić information content (AvgIpc) is 2.79. The summed E-state index contributed by atoms with van der Waals surface area (Å²) in [5.74, 6) is 0.445. The van der Waals surface area contributed by atoms with Crippen molar-refractivity contribution in [3.8, 4) is 0 Å². The Labute approximate surface area is 112 Å². The number of aromatic amines is 1. The van der Waals surface area contributed by atoms with Crippen LogP contribution >= 0.6 is 0 Å². The lowest BCUT2D eigenvalue weighted by Gasteiger charge is -2.02. The number of imidazole rings is 1. The quantitative estimate of drug-likeness (QED) is 0.867. The number of rotatable bonds is 5. The van der Waals surface area contributed by atoms with Gasteiger partial charge in [-0.2, -0.15) is 0 Å². The highest BCUT2D eigenvalue weighted by Gasteiger charge is 2.14. The summed E-state index contributed by atoms with van der Waals surface area (Å²) in [6.45, 7) is 4.74. The van der Waals surface area contributed by atoms with E-state index in [1.54, 1.807) is 0 Å². The lowest BCUT2D eigenvalue weighted by atomic mass is 10.3. The largest absolute Gasteiger partial charge is 0.374 e. The number of carbonyl (C=O) groups is 1. The van der Waals surface area contributed by atoms with Crippen molar-refractivity contribution in [2.24, 2.45) is 0 Å². The number of hydrogen-bond acceptors (Lipinski definition) is 3. The number of para-hydroxylation sites is 1. The lowest BCUT2D eigenvalue weighted by molar-refractivity contribution is 0.102. The van der Waals surface area contributed by atoms with E-state index >= 15 is 0 Å². The van der Waals surface area contributed by atoms with Crippen molar-refractivity contribution >= 4 is 11.6 Å². The maximum Gasteiger partial charge on any atom is 0.276 e. The van der Waals surface area contributed by atoms with Crippen molar-refractivity contribution in [3.63, 3.8) is 0 Å². The molecule has 0 unspecified atom stereocenters. The third-order valence-electron chi connectivity index (χ3n) is 2.62. The summed E-state index contributed by atoms with van der Waals surface area (Å²) in [6, 6.07) is 9.30. The molecule has 1 amide bonds. The summed E-state index contributed by atoms with van der Waals surface area (Å²) < 4.78 is 5.26. The van der Waals surface area contributed by atoms with Crippen molar-refractivity contribution in [1.82, 2.24) is 9.97 Å². The molecule has 0 atom stereocenters. The first-order chi connectivity index (χ1) is 9.20. The summed E-state index contributed by atoms with van der Waals surface area (Å²) in [7, 11) is 0. The molecular weight excluding hydrogens is 242 g/mol. The van der Waals surface area contributed by atoms with Crippen LogP contribution in [0.2, 0.25) is 0 Å². The number of aryl methyl sites for hydroxylation is 1. The van der Waals surface area contributed by atoms with E-state index in [0.29, 0.717) is 24.7 Å². The molecule has 0 spiro atoms. The summed E-state index contributed by atoms with van der Waals surface area (Å²) in [4.78, 5) is 19.4. The summed E-state index contributed by atoms with van der Waals surface area (Å²) in [5.41, 5.74) is 1.89. The standard InChI is InChI=1S/C14H17N3O2/c1-3-19-9-12-15-10(2)13(17-12)14(18)16-11-7-5-4-6-8-11/h4-8H,3,9H2,1-2H3,(H,15,17)(H,16,18). The van der Waals surface area contributed by atoms with Gasteiger partial charge >= 0.3 is 0 Å². The van der Waals surface area contributed by atoms with Crippen LogP contribution in [0.5, 0.6) is 0 Å². The molecule has 0 saturated carbocycles. The van der Waals surface area contributed by atoms with Gasteiger partial charge in [-0.15, -0.1) is 0 Å². The Kier molecular flexibility index (Phi) is 4.30. The Balaban J connectivity index is 2.08. The van der Waals surface area contributed by atoms with Gasteiger partial charge in [0.1, 0.15) is 18.1 Å². The molecule has 19 heavy (non-hydrogen) atoms.